The number of fused-ring (bicyclic) bond motifs is 5. The molecule has 2 aromatic rings. The number of hydrogen-bond acceptors (Lipinski definition) is 4. The summed E-state index contributed by atoms with van der Waals surface area (Å²) < 4.78 is 45.2. The number of aryl methyl sites for hydroxylation is 1. The summed E-state index contributed by atoms with van der Waals surface area (Å²) in [5, 5.41) is 0.310. The highest BCUT2D eigenvalue weighted by Crippen LogP contribution is 2.42. The van der Waals surface area contributed by atoms with Crippen LogP contribution in [0.5, 0.6) is 0 Å². The molecular formula is C20H25F3N4O. The summed E-state index contributed by atoms with van der Waals surface area (Å²) in [4.78, 5) is 18.8. The van der Waals surface area contributed by atoms with E-state index < -0.39 is 23.5 Å². The summed E-state index contributed by atoms with van der Waals surface area (Å²) in [7, 11) is 3.46. The number of halogens is 3. The second-order valence-corrected chi connectivity index (χ2v) is 8.08. The fraction of sp³-hybridized carbons (Fsp3) is 0.550. The third-order valence-corrected chi connectivity index (χ3v) is 6.31. The van der Waals surface area contributed by atoms with Crippen LogP contribution in [0, 0.1) is 18.6 Å². The van der Waals surface area contributed by atoms with Gasteiger partial charge in [0.25, 0.3) is 5.56 Å². The van der Waals surface area contributed by atoms with Gasteiger partial charge in [-0.2, -0.15) is 0 Å². The molecule has 3 unspecified atom stereocenters. The lowest BCUT2D eigenvalue weighted by Gasteiger charge is -2.51. The van der Waals surface area contributed by atoms with E-state index in [1.54, 1.807) is 0 Å². The van der Waals surface area contributed by atoms with E-state index >= 15 is 0 Å². The van der Waals surface area contributed by atoms with Crippen LogP contribution in [0.2, 0.25) is 0 Å². The Bertz CT molecular complexity index is 1020. The normalized spacial score (nSPS) is 23.7. The molecule has 0 radical (unpaired) electrons. The average Bonchev–Trinajstić information content (AvgIpc) is 2.63. The van der Waals surface area contributed by atoms with Gasteiger partial charge in [-0.05, 0) is 33.9 Å². The Morgan fingerprint density at radius 1 is 1.14 bits per heavy atom. The van der Waals surface area contributed by atoms with Crippen LogP contribution in [-0.4, -0.2) is 54.5 Å². The Labute approximate surface area is 161 Å². The molecule has 3 atom stereocenters. The van der Waals surface area contributed by atoms with Crippen molar-refractivity contribution in [2.24, 2.45) is 7.05 Å². The molecule has 0 aliphatic carbocycles. The van der Waals surface area contributed by atoms with Crippen LogP contribution >= 0.6 is 0 Å². The maximum absolute atomic E-state index is 15.0. The van der Waals surface area contributed by atoms with E-state index in [1.807, 2.05) is 11.9 Å². The third kappa shape index (κ3) is 2.53. The minimum absolute atomic E-state index is 0.0568. The first kappa shape index (κ1) is 19.1. The van der Waals surface area contributed by atoms with Crippen molar-refractivity contribution in [3.63, 3.8) is 0 Å². The monoisotopic (exact) mass is 394 g/mol. The predicted molar refractivity (Wildman–Crippen MR) is 105 cm³/mol. The summed E-state index contributed by atoms with van der Waals surface area (Å²) in [5.41, 5.74) is 0.0813. The SMILES string of the molecule is Cc1c(F)cc2c3c(c(=O)n(C)c2c1F)N(C(C)F)CC1CN(C)C(C)CN31. The standard InChI is InChI=1S/C20H25F3N4O/c1-10-7-27-13(8-24(10)4)9-26(12(3)21)19-18(27)14-6-15(22)11(2)16(23)17(14)25(5)20(19)28/h6,10,12-13H,7-9H2,1-5H3. The number of alkyl halides is 1. The molecule has 0 bridgehead atoms. The van der Waals surface area contributed by atoms with Gasteiger partial charge in [-0.15, -0.1) is 0 Å². The molecule has 1 aromatic carbocycles. The van der Waals surface area contributed by atoms with Crippen molar-refractivity contribution >= 4 is 22.3 Å². The number of benzene rings is 1. The van der Waals surface area contributed by atoms with Gasteiger partial charge in [-0.1, -0.05) is 0 Å². The number of aromatic nitrogens is 1. The highest BCUT2D eigenvalue weighted by molar-refractivity contribution is 6.00. The largest absolute Gasteiger partial charge is 0.362 e. The smallest absolute Gasteiger partial charge is 0.276 e. The van der Waals surface area contributed by atoms with Crippen LogP contribution in [-0.2, 0) is 7.05 Å². The Kier molecular flexibility index (Phi) is 4.37. The lowest BCUT2D eigenvalue weighted by molar-refractivity contribution is 0.192. The Morgan fingerprint density at radius 3 is 2.46 bits per heavy atom. The molecule has 0 amide bonds. The van der Waals surface area contributed by atoms with Gasteiger partial charge in [-0.3, -0.25) is 9.69 Å². The highest BCUT2D eigenvalue weighted by atomic mass is 19.1. The van der Waals surface area contributed by atoms with Crippen LogP contribution < -0.4 is 15.4 Å². The Morgan fingerprint density at radius 2 is 1.82 bits per heavy atom. The average molecular weight is 394 g/mol. The number of hydrogen-bond donors (Lipinski definition) is 0. The van der Waals surface area contributed by atoms with Gasteiger partial charge < -0.3 is 14.4 Å². The quantitative estimate of drug-likeness (QED) is 0.697. The predicted octanol–water partition coefficient (Wildman–Crippen LogP) is 2.77. The molecule has 28 heavy (non-hydrogen) atoms. The Hall–Kier alpha value is -2.22. The van der Waals surface area contributed by atoms with Crippen molar-refractivity contribution in [3.8, 4) is 0 Å². The van der Waals surface area contributed by atoms with Crippen LogP contribution in [0.3, 0.4) is 0 Å². The van der Waals surface area contributed by atoms with Crippen molar-refractivity contribution in [3.05, 3.63) is 33.6 Å². The topological polar surface area (TPSA) is 31.7 Å². The minimum Gasteiger partial charge on any atom is -0.362 e. The number of likely N-dealkylation sites (N-methyl/N-ethyl adjacent to an activating group) is 1. The lowest BCUT2D eigenvalue weighted by atomic mass is 9.98. The molecule has 1 saturated heterocycles. The molecule has 3 heterocycles. The zero-order chi connectivity index (χ0) is 20.5. The Balaban J connectivity index is 2.12. The fourth-order valence-corrected chi connectivity index (χ4v) is 4.51. The van der Waals surface area contributed by atoms with Gasteiger partial charge in [0, 0.05) is 43.7 Å². The first-order valence-electron chi connectivity index (χ1n) is 9.52. The molecule has 0 N–H and O–H groups in total. The molecular weight excluding hydrogens is 369 g/mol. The van der Waals surface area contributed by atoms with Crippen LogP contribution in [0.15, 0.2) is 10.9 Å². The first-order valence-corrected chi connectivity index (χ1v) is 9.52. The second-order valence-electron chi connectivity index (χ2n) is 8.08. The maximum Gasteiger partial charge on any atom is 0.276 e. The van der Waals surface area contributed by atoms with Crippen molar-refractivity contribution in [1.82, 2.24) is 9.47 Å². The molecule has 152 valence electrons. The molecule has 5 nitrogen and oxygen atoms in total. The molecule has 1 aromatic heterocycles. The summed E-state index contributed by atoms with van der Waals surface area (Å²) in [6.07, 6.45) is -1.39. The number of piperazine rings is 1. The minimum atomic E-state index is -1.39. The van der Waals surface area contributed by atoms with Crippen LogP contribution in [0.4, 0.5) is 24.5 Å². The lowest BCUT2D eigenvalue weighted by Crippen LogP contribution is -2.63. The van der Waals surface area contributed by atoms with E-state index in [1.165, 1.54) is 36.4 Å². The van der Waals surface area contributed by atoms with Gasteiger partial charge in [-0.25, -0.2) is 13.2 Å². The highest BCUT2D eigenvalue weighted by Gasteiger charge is 2.41. The van der Waals surface area contributed by atoms with E-state index in [-0.39, 0.29) is 28.9 Å². The van der Waals surface area contributed by atoms with E-state index in [9.17, 15) is 18.0 Å². The van der Waals surface area contributed by atoms with Gasteiger partial charge in [0.15, 0.2) is 12.1 Å². The summed E-state index contributed by atoms with van der Waals surface area (Å²) in [5.74, 6) is -1.42. The van der Waals surface area contributed by atoms with Crippen molar-refractivity contribution in [2.45, 2.75) is 39.2 Å². The number of pyridine rings is 1. The maximum atomic E-state index is 15.0. The van der Waals surface area contributed by atoms with Gasteiger partial charge in [0.1, 0.15) is 11.5 Å². The summed E-state index contributed by atoms with van der Waals surface area (Å²) in [6, 6.07) is 1.39. The van der Waals surface area contributed by atoms with Gasteiger partial charge in [0.05, 0.1) is 17.2 Å². The molecule has 2 aliphatic heterocycles. The molecule has 8 heteroatoms. The molecule has 4 rings (SSSR count). The van der Waals surface area contributed by atoms with E-state index in [2.05, 4.69) is 11.8 Å². The van der Waals surface area contributed by atoms with Gasteiger partial charge >= 0.3 is 0 Å². The van der Waals surface area contributed by atoms with Gasteiger partial charge in [0.2, 0.25) is 0 Å². The van der Waals surface area contributed by atoms with Crippen molar-refractivity contribution in [2.75, 3.05) is 36.5 Å². The zero-order valence-electron chi connectivity index (χ0n) is 16.8. The molecule has 0 spiro atoms. The number of nitrogens with zero attached hydrogens (tertiary/aromatic N) is 4. The van der Waals surface area contributed by atoms with Crippen molar-refractivity contribution in [1.29, 1.82) is 0 Å². The van der Waals surface area contributed by atoms with Crippen molar-refractivity contribution < 1.29 is 13.2 Å². The number of rotatable bonds is 1. The third-order valence-electron chi connectivity index (χ3n) is 6.31. The number of anilines is 2. The summed E-state index contributed by atoms with van der Waals surface area (Å²) in [6.45, 7) is 6.42. The van der Waals surface area contributed by atoms with Crippen LogP contribution in [0.1, 0.15) is 19.4 Å². The van der Waals surface area contributed by atoms with E-state index in [0.29, 0.717) is 30.7 Å². The molecule has 0 saturated carbocycles. The second kappa shape index (κ2) is 6.40. The molecule has 1 fully saturated rings. The van der Waals surface area contributed by atoms with E-state index in [4.69, 9.17) is 0 Å². The first-order chi connectivity index (χ1) is 13.1. The zero-order valence-corrected chi connectivity index (χ0v) is 16.8. The van der Waals surface area contributed by atoms with Crippen LogP contribution in [0.25, 0.3) is 10.9 Å². The summed E-state index contributed by atoms with van der Waals surface area (Å²) >= 11 is 0. The van der Waals surface area contributed by atoms with E-state index in [0.717, 1.165) is 0 Å². The fourth-order valence-electron chi connectivity index (χ4n) is 4.51. The molecule has 2 aliphatic rings.